The lowest BCUT2D eigenvalue weighted by molar-refractivity contribution is 0.0628. The molecular formula is C19H18ClN3O. The van der Waals surface area contributed by atoms with Crippen LogP contribution in [0.4, 0.5) is 0 Å². The molecule has 2 aromatic carbocycles. The van der Waals surface area contributed by atoms with Gasteiger partial charge in [0.1, 0.15) is 0 Å². The largest absolute Gasteiger partial charge is 0.336 e. The van der Waals surface area contributed by atoms with E-state index in [0.29, 0.717) is 16.1 Å². The molecule has 3 rings (SSSR count). The first kappa shape index (κ1) is 16.5. The fraction of sp³-hybridized carbons (Fsp3) is 0.263. The van der Waals surface area contributed by atoms with E-state index in [2.05, 4.69) is 11.0 Å². The summed E-state index contributed by atoms with van der Waals surface area (Å²) in [6.45, 7) is 3.98. The van der Waals surface area contributed by atoms with Gasteiger partial charge in [-0.2, -0.15) is 5.26 Å². The number of nitriles is 1. The van der Waals surface area contributed by atoms with Crippen LogP contribution in [0.15, 0.2) is 48.5 Å². The normalized spacial score (nSPS) is 15.1. The van der Waals surface area contributed by atoms with E-state index in [9.17, 15) is 4.79 Å². The number of hydrogen-bond acceptors (Lipinski definition) is 3. The van der Waals surface area contributed by atoms with Crippen LogP contribution in [0.25, 0.3) is 0 Å². The zero-order valence-corrected chi connectivity index (χ0v) is 14.0. The van der Waals surface area contributed by atoms with Gasteiger partial charge in [0.15, 0.2) is 0 Å². The number of rotatable bonds is 3. The third kappa shape index (κ3) is 3.94. The van der Waals surface area contributed by atoms with Gasteiger partial charge in [-0.25, -0.2) is 0 Å². The number of benzene rings is 2. The number of carbonyl (C=O) groups excluding carboxylic acids is 1. The van der Waals surface area contributed by atoms with E-state index in [1.54, 1.807) is 24.3 Å². The smallest absolute Gasteiger partial charge is 0.253 e. The van der Waals surface area contributed by atoms with Gasteiger partial charge in [-0.15, -0.1) is 0 Å². The van der Waals surface area contributed by atoms with Crippen LogP contribution in [0.2, 0.25) is 5.02 Å². The molecular weight excluding hydrogens is 322 g/mol. The summed E-state index contributed by atoms with van der Waals surface area (Å²) >= 11 is 5.87. The molecule has 0 aromatic heterocycles. The predicted molar refractivity (Wildman–Crippen MR) is 93.8 cm³/mol. The molecule has 1 heterocycles. The van der Waals surface area contributed by atoms with E-state index in [1.165, 1.54) is 5.56 Å². The van der Waals surface area contributed by atoms with Crippen molar-refractivity contribution in [1.29, 1.82) is 5.26 Å². The maximum absolute atomic E-state index is 12.5. The molecule has 0 saturated carbocycles. The quantitative estimate of drug-likeness (QED) is 0.863. The standard InChI is InChI=1S/C19H18ClN3O/c20-18-7-5-17(6-8-18)19(24)23-11-9-22(10-12-23)14-16-3-1-15(13-21)2-4-16/h1-8H,9-12,14H2. The summed E-state index contributed by atoms with van der Waals surface area (Å²) in [6, 6.07) is 16.8. The van der Waals surface area contributed by atoms with Gasteiger partial charge in [0.2, 0.25) is 0 Å². The average molecular weight is 340 g/mol. The Morgan fingerprint density at radius 1 is 1.00 bits per heavy atom. The molecule has 5 heteroatoms. The lowest BCUT2D eigenvalue weighted by Crippen LogP contribution is -2.48. The molecule has 4 nitrogen and oxygen atoms in total. The van der Waals surface area contributed by atoms with E-state index in [0.717, 1.165) is 32.7 Å². The van der Waals surface area contributed by atoms with Gasteiger partial charge in [0.05, 0.1) is 11.6 Å². The van der Waals surface area contributed by atoms with Crippen molar-refractivity contribution in [2.24, 2.45) is 0 Å². The van der Waals surface area contributed by atoms with Crippen molar-refractivity contribution in [3.05, 3.63) is 70.2 Å². The lowest BCUT2D eigenvalue weighted by atomic mass is 10.1. The summed E-state index contributed by atoms with van der Waals surface area (Å²) in [7, 11) is 0. The van der Waals surface area contributed by atoms with E-state index in [-0.39, 0.29) is 5.91 Å². The van der Waals surface area contributed by atoms with E-state index in [4.69, 9.17) is 16.9 Å². The van der Waals surface area contributed by atoms with Crippen LogP contribution in [0, 0.1) is 11.3 Å². The Morgan fingerprint density at radius 3 is 2.21 bits per heavy atom. The van der Waals surface area contributed by atoms with Crippen LogP contribution >= 0.6 is 11.6 Å². The number of nitrogens with zero attached hydrogens (tertiary/aromatic N) is 3. The third-order valence-electron chi connectivity index (χ3n) is 4.24. The molecule has 0 bridgehead atoms. The molecule has 122 valence electrons. The Labute approximate surface area is 146 Å². The average Bonchev–Trinajstić information content (AvgIpc) is 2.63. The van der Waals surface area contributed by atoms with Gasteiger partial charge in [-0.05, 0) is 42.0 Å². The van der Waals surface area contributed by atoms with Crippen molar-refractivity contribution in [2.45, 2.75) is 6.54 Å². The molecule has 1 aliphatic heterocycles. The number of halogens is 1. The van der Waals surface area contributed by atoms with E-state index in [1.807, 2.05) is 29.2 Å². The Morgan fingerprint density at radius 2 is 1.62 bits per heavy atom. The molecule has 1 aliphatic rings. The van der Waals surface area contributed by atoms with Gasteiger partial charge in [0.25, 0.3) is 5.91 Å². The highest BCUT2D eigenvalue weighted by Gasteiger charge is 2.22. The Balaban J connectivity index is 1.54. The third-order valence-corrected chi connectivity index (χ3v) is 4.49. The highest BCUT2D eigenvalue weighted by Crippen LogP contribution is 2.14. The topological polar surface area (TPSA) is 47.3 Å². The van der Waals surface area contributed by atoms with Gasteiger partial charge in [-0.3, -0.25) is 9.69 Å². The molecule has 0 spiro atoms. The first-order chi connectivity index (χ1) is 11.7. The second-order valence-electron chi connectivity index (χ2n) is 5.88. The molecule has 1 saturated heterocycles. The predicted octanol–water partition coefficient (Wildman–Crippen LogP) is 3.17. The SMILES string of the molecule is N#Cc1ccc(CN2CCN(C(=O)c3ccc(Cl)cc3)CC2)cc1. The Hall–Kier alpha value is -2.35. The van der Waals surface area contributed by atoms with Crippen molar-refractivity contribution in [2.75, 3.05) is 26.2 Å². The van der Waals surface area contributed by atoms with Gasteiger partial charge in [-0.1, -0.05) is 23.7 Å². The zero-order valence-electron chi connectivity index (χ0n) is 13.3. The molecule has 1 fully saturated rings. The molecule has 0 N–H and O–H groups in total. The van der Waals surface area contributed by atoms with Crippen LogP contribution in [0.3, 0.4) is 0 Å². The van der Waals surface area contributed by atoms with Crippen molar-refractivity contribution >= 4 is 17.5 Å². The van der Waals surface area contributed by atoms with Crippen LogP contribution in [-0.2, 0) is 6.54 Å². The molecule has 24 heavy (non-hydrogen) atoms. The van der Waals surface area contributed by atoms with Crippen molar-refractivity contribution in [3.8, 4) is 6.07 Å². The lowest BCUT2D eigenvalue weighted by Gasteiger charge is -2.34. The highest BCUT2D eigenvalue weighted by atomic mass is 35.5. The first-order valence-electron chi connectivity index (χ1n) is 7.92. The summed E-state index contributed by atoms with van der Waals surface area (Å²) in [6.07, 6.45) is 0. The van der Waals surface area contributed by atoms with Crippen LogP contribution in [-0.4, -0.2) is 41.9 Å². The van der Waals surface area contributed by atoms with Crippen molar-refractivity contribution < 1.29 is 4.79 Å². The molecule has 0 aliphatic carbocycles. The highest BCUT2D eigenvalue weighted by molar-refractivity contribution is 6.30. The minimum atomic E-state index is 0.0599. The first-order valence-corrected chi connectivity index (χ1v) is 8.30. The summed E-state index contributed by atoms with van der Waals surface area (Å²) < 4.78 is 0. The molecule has 2 aromatic rings. The molecule has 0 atom stereocenters. The van der Waals surface area contributed by atoms with Crippen LogP contribution in [0.5, 0.6) is 0 Å². The van der Waals surface area contributed by atoms with E-state index < -0.39 is 0 Å². The minimum Gasteiger partial charge on any atom is -0.336 e. The number of carbonyl (C=O) groups is 1. The van der Waals surface area contributed by atoms with Crippen molar-refractivity contribution in [3.63, 3.8) is 0 Å². The van der Waals surface area contributed by atoms with Gasteiger partial charge >= 0.3 is 0 Å². The van der Waals surface area contributed by atoms with Crippen LogP contribution < -0.4 is 0 Å². The number of amides is 1. The van der Waals surface area contributed by atoms with Crippen molar-refractivity contribution in [1.82, 2.24) is 9.80 Å². The van der Waals surface area contributed by atoms with Gasteiger partial charge in [0, 0.05) is 43.3 Å². The summed E-state index contributed by atoms with van der Waals surface area (Å²) in [5, 5.41) is 9.47. The van der Waals surface area contributed by atoms with Crippen LogP contribution in [0.1, 0.15) is 21.5 Å². The summed E-state index contributed by atoms with van der Waals surface area (Å²) in [5.41, 5.74) is 2.54. The second-order valence-corrected chi connectivity index (χ2v) is 6.32. The van der Waals surface area contributed by atoms with E-state index >= 15 is 0 Å². The second kappa shape index (κ2) is 7.48. The number of hydrogen-bond donors (Lipinski definition) is 0. The number of piperazine rings is 1. The minimum absolute atomic E-state index is 0.0599. The maximum Gasteiger partial charge on any atom is 0.253 e. The molecule has 0 radical (unpaired) electrons. The Bertz CT molecular complexity index is 742. The maximum atomic E-state index is 12.5. The van der Waals surface area contributed by atoms with Gasteiger partial charge < -0.3 is 4.90 Å². The Kier molecular flexibility index (Phi) is 5.14. The zero-order chi connectivity index (χ0) is 16.9. The monoisotopic (exact) mass is 339 g/mol. The fourth-order valence-electron chi connectivity index (χ4n) is 2.83. The molecule has 0 unspecified atom stereocenters. The summed E-state index contributed by atoms with van der Waals surface area (Å²) in [4.78, 5) is 16.7. The fourth-order valence-corrected chi connectivity index (χ4v) is 2.95. The molecule has 1 amide bonds. The summed E-state index contributed by atoms with van der Waals surface area (Å²) in [5.74, 6) is 0.0599.